The van der Waals surface area contributed by atoms with Gasteiger partial charge in [0.05, 0.1) is 11.4 Å². The normalized spacial score (nSPS) is 10.6. The first-order chi connectivity index (χ1) is 12.5. The Balaban J connectivity index is 1.82. The van der Waals surface area contributed by atoms with Crippen LogP contribution in [-0.4, -0.2) is 35.1 Å². The summed E-state index contributed by atoms with van der Waals surface area (Å²) in [7, 11) is 3.40. The number of para-hydroxylation sites is 1. The van der Waals surface area contributed by atoms with Gasteiger partial charge in [0.25, 0.3) is 11.1 Å². The summed E-state index contributed by atoms with van der Waals surface area (Å²) in [6.45, 7) is 1.83. The molecule has 0 saturated heterocycles. The van der Waals surface area contributed by atoms with Gasteiger partial charge in [0, 0.05) is 29.9 Å². The summed E-state index contributed by atoms with van der Waals surface area (Å²) >= 11 is 4.05. The fourth-order valence-electron chi connectivity index (χ4n) is 2.14. The van der Waals surface area contributed by atoms with Crippen molar-refractivity contribution in [2.75, 3.05) is 19.4 Å². The maximum absolute atomic E-state index is 12.7. The highest BCUT2D eigenvalue weighted by Gasteiger charge is 2.18. The first kappa shape index (κ1) is 18.6. The molecule has 5 nitrogen and oxygen atoms in total. The van der Waals surface area contributed by atoms with E-state index in [0.717, 1.165) is 22.3 Å². The number of aromatic nitrogens is 1. The lowest BCUT2D eigenvalue weighted by atomic mass is 10.3. The fourth-order valence-corrected chi connectivity index (χ4v) is 4.56. The summed E-state index contributed by atoms with van der Waals surface area (Å²) in [5, 5.41) is 7.65. The number of carbonyl (C=O) groups is 2. The van der Waals surface area contributed by atoms with Gasteiger partial charge in [-0.2, -0.15) is 11.3 Å². The lowest BCUT2D eigenvalue weighted by Crippen LogP contribution is -2.17. The van der Waals surface area contributed by atoms with Crippen LogP contribution in [0.1, 0.15) is 15.4 Å². The molecule has 0 saturated carbocycles. The van der Waals surface area contributed by atoms with E-state index in [4.69, 9.17) is 0 Å². The molecule has 0 radical (unpaired) electrons. The van der Waals surface area contributed by atoms with Crippen molar-refractivity contribution in [2.45, 2.75) is 11.8 Å². The number of thiazole rings is 1. The molecular formula is C18H17N3O2S3. The summed E-state index contributed by atoms with van der Waals surface area (Å²) in [4.78, 5) is 32.0. The molecule has 1 N–H and O–H groups in total. The number of aryl methyl sites for hydroxylation is 1. The molecule has 2 heterocycles. The highest BCUT2D eigenvalue weighted by Crippen LogP contribution is 2.32. The molecular weight excluding hydrogens is 386 g/mol. The van der Waals surface area contributed by atoms with Gasteiger partial charge in [-0.25, -0.2) is 4.98 Å². The lowest BCUT2D eigenvalue weighted by molar-refractivity contribution is 0.102. The number of rotatable bonds is 4. The van der Waals surface area contributed by atoms with Gasteiger partial charge < -0.3 is 10.2 Å². The van der Waals surface area contributed by atoms with Crippen molar-refractivity contribution in [3.63, 3.8) is 0 Å². The minimum atomic E-state index is -0.216. The predicted molar refractivity (Wildman–Crippen MR) is 109 cm³/mol. The van der Waals surface area contributed by atoms with Crippen molar-refractivity contribution >= 4 is 51.3 Å². The molecule has 26 heavy (non-hydrogen) atoms. The second-order valence-electron chi connectivity index (χ2n) is 5.66. The number of nitrogens with one attached hydrogen (secondary N) is 1. The van der Waals surface area contributed by atoms with Crippen LogP contribution in [0.4, 0.5) is 10.5 Å². The molecule has 0 unspecified atom stereocenters. The molecule has 8 heteroatoms. The van der Waals surface area contributed by atoms with Gasteiger partial charge in [0.2, 0.25) is 0 Å². The zero-order chi connectivity index (χ0) is 18.7. The number of nitrogens with zero attached hydrogens (tertiary/aromatic N) is 2. The Bertz CT molecular complexity index is 933. The quantitative estimate of drug-likeness (QED) is 0.608. The fraction of sp³-hybridized carbons (Fsp3) is 0.167. The third kappa shape index (κ3) is 4.14. The largest absolute Gasteiger partial charge is 0.339 e. The molecule has 0 aliphatic heterocycles. The van der Waals surface area contributed by atoms with Crippen LogP contribution >= 0.6 is 34.4 Å². The zero-order valence-corrected chi connectivity index (χ0v) is 16.9. The van der Waals surface area contributed by atoms with Crippen LogP contribution in [0.15, 0.2) is 46.0 Å². The molecule has 1 aromatic carbocycles. The molecule has 0 bridgehead atoms. The summed E-state index contributed by atoms with van der Waals surface area (Å²) in [5.41, 5.74) is 2.33. The average molecular weight is 404 g/mol. The van der Waals surface area contributed by atoms with E-state index in [1.54, 1.807) is 31.5 Å². The van der Waals surface area contributed by atoms with Crippen LogP contribution in [0, 0.1) is 6.92 Å². The summed E-state index contributed by atoms with van der Waals surface area (Å²) in [5.74, 6) is -0.216. The molecule has 2 amide bonds. The molecule has 3 aromatic rings. The van der Waals surface area contributed by atoms with E-state index >= 15 is 0 Å². The molecule has 0 fully saturated rings. The van der Waals surface area contributed by atoms with Gasteiger partial charge in [-0.1, -0.05) is 12.1 Å². The Labute approximate surface area is 164 Å². The second kappa shape index (κ2) is 8.03. The van der Waals surface area contributed by atoms with Gasteiger partial charge in [-0.15, -0.1) is 11.3 Å². The number of amides is 2. The molecule has 0 aliphatic rings. The number of hydrogen-bond acceptors (Lipinski definition) is 6. The Kier molecular flexibility index (Phi) is 5.75. The maximum atomic E-state index is 12.7. The highest BCUT2D eigenvalue weighted by molar-refractivity contribution is 8.13. The van der Waals surface area contributed by atoms with E-state index < -0.39 is 0 Å². The Hall–Kier alpha value is -2.16. The molecule has 134 valence electrons. The van der Waals surface area contributed by atoms with E-state index in [0.29, 0.717) is 21.2 Å². The van der Waals surface area contributed by atoms with Gasteiger partial charge in [0.15, 0.2) is 0 Å². The zero-order valence-electron chi connectivity index (χ0n) is 14.5. The minimum absolute atomic E-state index is 0.0968. The van der Waals surface area contributed by atoms with Crippen molar-refractivity contribution in [3.05, 3.63) is 51.7 Å². The number of anilines is 1. The lowest BCUT2D eigenvalue weighted by Gasteiger charge is -2.12. The summed E-state index contributed by atoms with van der Waals surface area (Å²) in [6, 6.07) is 9.27. The predicted octanol–water partition coefficient (Wildman–Crippen LogP) is 5.21. The number of carbonyl (C=O) groups excluding carboxylic acids is 2. The van der Waals surface area contributed by atoms with Crippen molar-refractivity contribution in [3.8, 4) is 10.6 Å². The number of benzene rings is 1. The monoisotopic (exact) mass is 403 g/mol. The van der Waals surface area contributed by atoms with Gasteiger partial charge >= 0.3 is 0 Å². The summed E-state index contributed by atoms with van der Waals surface area (Å²) < 4.78 is 0. The van der Waals surface area contributed by atoms with Crippen LogP contribution in [0.3, 0.4) is 0 Å². The van der Waals surface area contributed by atoms with Crippen LogP contribution in [0.2, 0.25) is 0 Å². The molecule has 2 aromatic heterocycles. The first-order valence-corrected chi connectivity index (χ1v) is 10.3. The van der Waals surface area contributed by atoms with Crippen LogP contribution in [-0.2, 0) is 0 Å². The third-order valence-electron chi connectivity index (χ3n) is 3.47. The minimum Gasteiger partial charge on any atom is -0.339 e. The molecule has 0 spiro atoms. The van der Waals surface area contributed by atoms with E-state index in [9.17, 15) is 9.59 Å². The van der Waals surface area contributed by atoms with Crippen molar-refractivity contribution in [1.29, 1.82) is 0 Å². The SMILES string of the molecule is Cc1nc(-c2ccsc2)sc1C(=O)Nc1ccccc1SC(=O)N(C)C. The van der Waals surface area contributed by atoms with E-state index in [1.807, 2.05) is 41.9 Å². The number of thioether (sulfide) groups is 1. The Morgan fingerprint density at radius 1 is 1.19 bits per heavy atom. The molecule has 0 aliphatic carbocycles. The third-order valence-corrected chi connectivity index (χ3v) is 6.47. The van der Waals surface area contributed by atoms with Crippen molar-refractivity contribution in [2.24, 2.45) is 0 Å². The van der Waals surface area contributed by atoms with Gasteiger partial charge in [-0.05, 0) is 42.3 Å². The molecule has 0 atom stereocenters. The maximum Gasteiger partial charge on any atom is 0.286 e. The van der Waals surface area contributed by atoms with Crippen LogP contribution < -0.4 is 5.32 Å². The number of hydrogen-bond donors (Lipinski definition) is 1. The standard InChI is InChI=1S/C18H17N3O2S3/c1-11-15(26-17(19-11)12-8-9-24-10-12)16(22)20-13-6-4-5-7-14(13)25-18(23)21(2)3/h4-10H,1-3H3,(H,20,22). The first-order valence-electron chi connectivity index (χ1n) is 7.75. The van der Waals surface area contributed by atoms with Crippen LogP contribution in [0.25, 0.3) is 10.6 Å². The second-order valence-corrected chi connectivity index (χ2v) is 8.43. The summed E-state index contributed by atoms with van der Waals surface area (Å²) in [6.07, 6.45) is 0. The average Bonchev–Trinajstić information content (AvgIpc) is 3.25. The Morgan fingerprint density at radius 2 is 1.96 bits per heavy atom. The van der Waals surface area contributed by atoms with Crippen molar-refractivity contribution < 1.29 is 9.59 Å². The van der Waals surface area contributed by atoms with E-state index in [-0.39, 0.29) is 11.1 Å². The number of thiophene rings is 1. The van der Waals surface area contributed by atoms with Crippen LogP contribution in [0.5, 0.6) is 0 Å². The molecule has 3 rings (SSSR count). The van der Waals surface area contributed by atoms with Gasteiger partial charge in [0.1, 0.15) is 9.88 Å². The Morgan fingerprint density at radius 3 is 2.65 bits per heavy atom. The van der Waals surface area contributed by atoms with Crippen molar-refractivity contribution in [1.82, 2.24) is 9.88 Å². The van der Waals surface area contributed by atoms with E-state index in [1.165, 1.54) is 16.2 Å². The topological polar surface area (TPSA) is 62.3 Å². The van der Waals surface area contributed by atoms with E-state index in [2.05, 4.69) is 10.3 Å². The highest BCUT2D eigenvalue weighted by atomic mass is 32.2. The smallest absolute Gasteiger partial charge is 0.286 e. The van der Waals surface area contributed by atoms with Gasteiger partial charge in [-0.3, -0.25) is 9.59 Å².